The highest BCUT2D eigenvalue weighted by molar-refractivity contribution is 5.92. The lowest BCUT2D eigenvalue weighted by atomic mass is 10.0. The van der Waals surface area contributed by atoms with Crippen LogP contribution in [0, 0.1) is 0 Å². The van der Waals surface area contributed by atoms with Crippen LogP contribution in [0.25, 0.3) is 0 Å². The zero-order valence-corrected chi connectivity index (χ0v) is 13.8. The van der Waals surface area contributed by atoms with E-state index in [2.05, 4.69) is 15.0 Å². The molecule has 2 aliphatic heterocycles. The van der Waals surface area contributed by atoms with Crippen LogP contribution in [-0.4, -0.2) is 57.2 Å². The molecule has 2 aromatic rings. The molecule has 130 valence electrons. The van der Waals surface area contributed by atoms with Gasteiger partial charge in [-0.3, -0.25) is 9.78 Å². The van der Waals surface area contributed by atoms with E-state index in [0.717, 1.165) is 18.5 Å². The van der Waals surface area contributed by atoms with Crippen molar-refractivity contribution >= 4 is 5.91 Å². The van der Waals surface area contributed by atoms with E-state index in [1.807, 2.05) is 23.1 Å². The fourth-order valence-corrected chi connectivity index (χ4v) is 3.53. The average molecular weight is 340 g/mol. The average Bonchev–Trinajstić information content (AvgIpc) is 3.06. The van der Waals surface area contributed by atoms with Gasteiger partial charge in [0, 0.05) is 19.0 Å². The monoisotopic (exact) mass is 340 g/mol. The minimum absolute atomic E-state index is 0.0324. The van der Waals surface area contributed by atoms with Crippen LogP contribution in [0.2, 0.25) is 0 Å². The van der Waals surface area contributed by atoms with Crippen LogP contribution < -0.4 is 0 Å². The normalized spacial score (nSPS) is 25.6. The number of nitrogens with zero attached hydrogens (tertiary/aromatic N) is 4. The van der Waals surface area contributed by atoms with Gasteiger partial charge in [-0.25, -0.2) is 9.97 Å². The van der Waals surface area contributed by atoms with Crippen LogP contribution in [0.1, 0.15) is 29.0 Å². The predicted molar refractivity (Wildman–Crippen MR) is 88.6 cm³/mol. The summed E-state index contributed by atoms with van der Waals surface area (Å²) in [6.45, 7) is 1.62. The van der Waals surface area contributed by atoms with Gasteiger partial charge in [0.25, 0.3) is 5.91 Å². The van der Waals surface area contributed by atoms with Gasteiger partial charge in [-0.1, -0.05) is 6.07 Å². The summed E-state index contributed by atoms with van der Waals surface area (Å²) < 4.78 is 12.0. The predicted octanol–water partition coefficient (Wildman–Crippen LogP) is 1.46. The number of pyridine rings is 1. The van der Waals surface area contributed by atoms with Crippen LogP contribution in [0.4, 0.5) is 0 Å². The Morgan fingerprint density at radius 2 is 2.24 bits per heavy atom. The Labute approximate surface area is 146 Å². The molecule has 7 nitrogen and oxygen atoms in total. The van der Waals surface area contributed by atoms with Gasteiger partial charge >= 0.3 is 0 Å². The summed E-state index contributed by atoms with van der Waals surface area (Å²) in [5.74, 6) is -0.0909. The second-order valence-corrected chi connectivity index (χ2v) is 6.27. The molecule has 0 N–H and O–H groups in total. The zero-order chi connectivity index (χ0) is 17.1. The van der Waals surface area contributed by atoms with Crippen molar-refractivity contribution in [3.63, 3.8) is 0 Å². The number of carbonyl (C=O) groups is 1. The molecule has 3 atom stereocenters. The first-order valence-corrected chi connectivity index (χ1v) is 8.53. The molecule has 2 aromatic heterocycles. The maximum absolute atomic E-state index is 12.8. The second kappa shape index (κ2) is 7.25. The number of amides is 1. The van der Waals surface area contributed by atoms with E-state index in [9.17, 15) is 4.79 Å². The van der Waals surface area contributed by atoms with Crippen molar-refractivity contribution in [3.05, 3.63) is 54.4 Å². The molecule has 0 unspecified atom stereocenters. The Kier molecular flexibility index (Phi) is 4.67. The first-order chi connectivity index (χ1) is 12.3. The van der Waals surface area contributed by atoms with Crippen molar-refractivity contribution < 1.29 is 14.3 Å². The summed E-state index contributed by atoms with van der Waals surface area (Å²) in [6.07, 6.45) is 6.35. The van der Waals surface area contributed by atoms with E-state index in [4.69, 9.17) is 9.47 Å². The number of hydrogen-bond acceptors (Lipinski definition) is 6. The minimum Gasteiger partial charge on any atom is -0.373 e. The Morgan fingerprint density at radius 1 is 1.28 bits per heavy atom. The van der Waals surface area contributed by atoms with Crippen LogP contribution in [0.15, 0.2) is 43.0 Å². The number of rotatable bonds is 4. The fourth-order valence-electron chi connectivity index (χ4n) is 3.53. The molecule has 0 spiro atoms. The first kappa shape index (κ1) is 16.1. The van der Waals surface area contributed by atoms with Gasteiger partial charge in [0.1, 0.15) is 24.2 Å². The third-order valence-electron chi connectivity index (χ3n) is 4.71. The van der Waals surface area contributed by atoms with E-state index >= 15 is 0 Å². The highest BCUT2D eigenvalue weighted by Gasteiger charge is 2.47. The smallest absolute Gasteiger partial charge is 0.273 e. The van der Waals surface area contributed by atoms with E-state index in [1.165, 1.54) is 6.33 Å². The van der Waals surface area contributed by atoms with Crippen LogP contribution >= 0.6 is 0 Å². The molecule has 1 amide bonds. The number of fused-ring (bicyclic) bond motifs is 1. The fraction of sp³-hybridized carbons (Fsp3) is 0.444. The zero-order valence-electron chi connectivity index (χ0n) is 13.8. The highest BCUT2D eigenvalue weighted by atomic mass is 16.5. The minimum atomic E-state index is -0.155. The van der Waals surface area contributed by atoms with Crippen LogP contribution in [0.3, 0.4) is 0 Å². The van der Waals surface area contributed by atoms with E-state index in [1.54, 1.807) is 18.5 Å². The standard InChI is InChI=1S/C18H20N4O3/c23-18(14-6-8-19-12-21-14)22-10-16(17-15(22)5-3-9-24-17)25-11-13-4-1-2-7-20-13/h1-2,4,6-8,12,15-17H,3,5,9-11H2/t15-,16+,17+/m0/s1. The summed E-state index contributed by atoms with van der Waals surface area (Å²) in [5.41, 5.74) is 1.28. The van der Waals surface area contributed by atoms with Gasteiger partial charge in [0.05, 0.1) is 24.9 Å². The van der Waals surface area contributed by atoms with Crippen molar-refractivity contribution in [3.8, 4) is 0 Å². The first-order valence-electron chi connectivity index (χ1n) is 8.53. The molecular weight excluding hydrogens is 320 g/mol. The number of ether oxygens (including phenoxy) is 2. The summed E-state index contributed by atoms with van der Waals surface area (Å²) in [4.78, 5) is 26.9. The molecule has 0 aromatic carbocycles. The van der Waals surface area contributed by atoms with E-state index in [0.29, 0.717) is 25.5 Å². The summed E-state index contributed by atoms with van der Waals surface area (Å²) >= 11 is 0. The lowest BCUT2D eigenvalue weighted by Gasteiger charge is -2.32. The van der Waals surface area contributed by atoms with Crippen LogP contribution in [-0.2, 0) is 16.1 Å². The Hall–Kier alpha value is -2.38. The highest BCUT2D eigenvalue weighted by Crippen LogP contribution is 2.32. The molecule has 2 fully saturated rings. The lowest BCUT2D eigenvalue weighted by molar-refractivity contribution is -0.0814. The summed E-state index contributed by atoms with van der Waals surface area (Å²) in [6, 6.07) is 7.42. The largest absolute Gasteiger partial charge is 0.373 e. The molecule has 7 heteroatoms. The number of carbonyl (C=O) groups excluding carboxylic acids is 1. The van der Waals surface area contributed by atoms with Crippen molar-refractivity contribution in [1.29, 1.82) is 0 Å². The Morgan fingerprint density at radius 3 is 3.04 bits per heavy atom. The van der Waals surface area contributed by atoms with Crippen LogP contribution in [0.5, 0.6) is 0 Å². The summed E-state index contributed by atoms with van der Waals surface area (Å²) in [7, 11) is 0. The summed E-state index contributed by atoms with van der Waals surface area (Å²) in [5, 5.41) is 0. The number of aromatic nitrogens is 3. The van der Waals surface area contributed by atoms with Gasteiger partial charge in [0.2, 0.25) is 0 Å². The topological polar surface area (TPSA) is 77.4 Å². The van der Waals surface area contributed by atoms with Crippen molar-refractivity contribution in [2.24, 2.45) is 0 Å². The lowest BCUT2D eigenvalue weighted by Crippen LogP contribution is -2.44. The van der Waals surface area contributed by atoms with Crippen molar-refractivity contribution in [2.45, 2.75) is 37.7 Å². The molecule has 0 saturated carbocycles. The van der Waals surface area contributed by atoms with Gasteiger partial charge < -0.3 is 14.4 Å². The molecule has 25 heavy (non-hydrogen) atoms. The molecule has 2 aliphatic rings. The third kappa shape index (κ3) is 3.38. The Balaban J connectivity index is 1.48. The molecule has 4 rings (SSSR count). The van der Waals surface area contributed by atoms with Gasteiger partial charge in [-0.2, -0.15) is 0 Å². The second-order valence-electron chi connectivity index (χ2n) is 6.27. The maximum atomic E-state index is 12.8. The maximum Gasteiger partial charge on any atom is 0.273 e. The molecule has 0 bridgehead atoms. The molecule has 0 aliphatic carbocycles. The molecule has 4 heterocycles. The van der Waals surface area contributed by atoms with E-state index in [-0.39, 0.29) is 24.2 Å². The van der Waals surface area contributed by atoms with Crippen molar-refractivity contribution in [1.82, 2.24) is 19.9 Å². The van der Waals surface area contributed by atoms with Gasteiger partial charge in [-0.05, 0) is 31.0 Å². The quantitative estimate of drug-likeness (QED) is 0.839. The van der Waals surface area contributed by atoms with Crippen molar-refractivity contribution in [2.75, 3.05) is 13.2 Å². The molecule has 2 saturated heterocycles. The third-order valence-corrected chi connectivity index (χ3v) is 4.71. The SMILES string of the molecule is O=C(c1ccncn1)N1C[C@@H](OCc2ccccn2)[C@@H]2OCCC[C@@H]21. The molecule has 0 radical (unpaired) electrons. The van der Waals surface area contributed by atoms with Gasteiger partial charge in [-0.15, -0.1) is 0 Å². The number of hydrogen-bond donors (Lipinski definition) is 0. The van der Waals surface area contributed by atoms with E-state index < -0.39 is 0 Å². The molecular formula is C18H20N4O3. The Bertz CT molecular complexity index is 713. The number of likely N-dealkylation sites (tertiary alicyclic amines) is 1. The van der Waals surface area contributed by atoms with Gasteiger partial charge in [0.15, 0.2) is 0 Å².